The number of benzene rings is 2. The summed E-state index contributed by atoms with van der Waals surface area (Å²) in [6.07, 6.45) is 1.11. The summed E-state index contributed by atoms with van der Waals surface area (Å²) in [5.41, 5.74) is 1.35. The summed E-state index contributed by atoms with van der Waals surface area (Å²) in [6.45, 7) is 5.38. The van der Waals surface area contributed by atoms with Crippen molar-refractivity contribution in [3.8, 4) is 0 Å². The Labute approximate surface area is 137 Å². The van der Waals surface area contributed by atoms with Crippen molar-refractivity contribution in [2.45, 2.75) is 36.5 Å². The Kier molecular flexibility index (Phi) is 6.62. The van der Waals surface area contributed by atoms with Crippen molar-refractivity contribution >= 4 is 23.4 Å². The molecule has 2 atom stereocenters. The van der Waals surface area contributed by atoms with Gasteiger partial charge in [-0.2, -0.15) is 0 Å². The smallest absolute Gasteiger partial charge is 0.0443 e. The van der Waals surface area contributed by atoms with Crippen molar-refractivity contribution in [1.82, 2.24) is 5.32 Å². The van der Waals surface area contributed by atoms with Crippen molar-refractivity contribution in [3.05, 3.63) is 65.2 Å². The van der Waals surface area contributed by atoms with Gasteiger partial charge in [0.1, 0.15) is 0 Å². The number of hydrogen-bond donors (Lipinski definition) is 1. The summed E-state index contributed by atoms with van der Waals surface area (Å²) in [7, 11) is 0. The highest BCUT2D eigenvalue weighted by molar-refractivity contribution is 8.00. The van der Waals surface area contributed by atoms with Crippen LogP contribution in [0.15, 0.2) is 59.5 Å². The van der Waals surface area contributed by atoms with Crippen LogP contribution in [-0.4, -0.2) is 11.8 Å². The Hall–Kier alpha value is -0.960. The van der Waals surface area contributed by atoms with Crippen LogP contribution in [0, 0.1) is 0 Å². The van der Waals surface area contributed by atoms with Crippen LogP contribution in [0.25, 0.3) is 0 Å². The van der Waals surface area contributed by atoms with Gasteiger partial charge in [-0.3, -0.25) is 0 Å². The van der Waals surface area contributed by atoms with Crippen LogP contribution >= 0.6 is 23.4 Å². The zero-order valence-corrected chi connectivity index (χ0v) is 14.1. The first-order valence-corrected chi connectivity index (χ1v) is 8.71. The maximum absolute atomic E-state index is 5.97. The molecule has 0 saturated carbocycles. The van der Waals surface area contributed by atoms with Crippen molar-refractivity contribution in [2.75, 3.05) is 6.54 Å². The van der Waals surface area contributed by atoms with Crippen molar-refractivity contribution in [2.24, 2.45) is 0 Å². The third-order valence-corrected chi connectivity index (χ3v) is 5.16. The van der Waals surface area contributed by atoms with Crippen molar-refractivity contribution < 1.29 is 0 Å². The second kappa shape index (κ2) is 8.47. The van der Waals surface area contributed by atoms with Gasteiger partial charge in [0.2, 0.25) is 0 Å². The molecule has 0 aliphatic rings. The quantitative estimate of drug-likeness (QED) is 0.670. The molecule has 0 aliphatic carbocycles. The molecule has 0 aromatic heterocycles. The minimum Gasteiger partial charge on any atom is -0.309 e. The van der Waals surface area contributed by atoms with E-state index in [4.69, 9.17) is 11.6 Å². The van der Waals surface area contributed by atoms with Gasteiger partial charge in [0.15, 0.2) is 0 Å². The second-order valence-electron chi connectivity index (χ2n) is 4.96. The van der Waals surface area contributed by atoms with Gasteiger partial charge in [0.25, 0.3) is 0 Å². The Morgan fingerprint density at radius 1 is 1.00 bits per heavy atom. The number of rotatable bonds is 7. The second-order valence-corrected chi connectivity index (χ2v) is 6.71. The Balaban J connectivity index is 2.17. The van der Waals surface area contributed by atoms with Crippen LogP contribution < -0.4 is 5.32 Å². The van der Waals surface area contributed by atoms with Crippen LogP contribution in [0.3, 0.4) is 0 Å². The van der Waals surface area contributed by atoms with Gasteiger partial charge >= 0.3 is 0 Å². The molecule has 0 bridgehead atoms. The summed E-state index contributed by atoms with van der Waals surface area (Å²) in [6, 6.07) is 19.2. The van der Waals surface area contributed by atoms with Crippen molar-refractivity contribution in [1.29, 1.82) is 0 Å². The third-order valence-electron chi connectivity index (χ3n) is 3.46. The van der Waals surface area contributed by atoms with Gasteiger partial charge in [-0.15, -0.1) is 11.8 Å². The first kappa shape index (κ1) is 16.4. The fraction of sp³-hybridized carbons (Fsp3) is 0.333. The summed E-state index contributed by atoms with van der Waals surface area (Å²) in [4.78, 5) is 1.27. The van der Waals surface area contributed by atoms with Gasteiger partial charge in [0.05, 0.1) is 0 Å². The molecule has 2 unspecified atom stereocenters. The van der Waals surface area contributed by atoms with Gasteiger partial charge < -0.3 is 5.32 Å². The molecular formula is C18H22ClNS. The van der Waals surface area contributed by atoms with E-state index in [0.717, 1.165) is 18.0 Å². The Morgan fingerprint density at radius 3 is 2.24 bits per heavy atom. The Morgan fingerprint density at radius 2 is 1.67 bits per heavy atom. The molecule has 2 rings (SSSR count). The first-order valence-electron chi connectivity index (χ1n) is 7.45. The van der Waals surface area contributed by atoms with Crippen LogP contribution in [-0.2, 0) is 0 Å². The molecular weight excluding hydrogens is 298 g/mol. The lowest BCUT2D eigenvalue weighted by molar-refractivity contribution is 0.521. The van der Waals surface area contributed by atoms with E-state index < -0.39 is 0 Å². The Bertz CT molecular complexity index is 527. The molecule has 1 N–H and O–H groups in total. The minimum atomic E-state index is 0.363. The molecule has 112 valence electrons. The molecule has 0 radical (unpaired) electrons. The minimum absolute atomic E-state index is 0.363. The average molecular weight is 320 g/mol. The lowest BCUT2D eigenvalue weighted by Gasteiger charge is -2.27. The summed E-state index contributed by atoms with van der Waals surface area (Å²) in [5, 5.41) is 4.92. The zero-order chi connectivity index (χ0) is 15.1. The molecule has 0 aliphatic heterocycles. The van der Waals surface area contributed by atoms with E-state index in [1.807, 2.05) is 23.9 Å². The predicted molar refractivity (Wildman–Crippen MR) is 94.2 cm³/mol. The largest absolute Gasteiger partial charge is 0.309 e. The first-order chi connectivity index (χ1) is 10.2. The maximum atomic E-state index is 5.97. The van der Waals surface area contributed by atoms with Gasteiger partial charge in [-0.1, -0.05) is 55.8 Å². The molecule has 0 amide bonds. The molecule has 0 spiro atoms. The summed E-state index contributed by atoms with van der Waals surface area (Å²) in [5.74, 6) is 0. The topological polar surface area (TPSA) is 12.0 Å². The van der Waals surface area contributed by atoms with E-state index in [1.54, 1.807) is 0 Å². The van der Waals surface area contributed by atoms with Crippen LogP contribution in [0.4, 0.5) is 0 Å². The van der Waals surface area contributed by atoms with Gasteiger partial charge in [-0.25, -0.2) is 0 Å². The maximum Gasteiger partial charge on any atom is 0.0443 e. The molecule has 21 heavy (non-hydrogen) atoms. The van der Waals surface area contributed by atoms with E-state index in [0.29, 0.717) is 11.3 Å². The fourth-order valence-corrected chi connectivity index (χ4v) is 3.74. The lowest BCUT2D eigenvalue weighted by Crippen LogP contribution is -2.29. The highest BCUT2D eigenvalue weighted by Crippen LogP contribution is 2.34. The number of nitrogens with one attached hydrogen (secondary N) is 1. The van der Waals surface area contributed by atoms with Crippen molar-refractivity contribution in [3.63, 3.8) is 0 Å². The van der Waals surface area contributed by atoms with Gasteiger partial charge in [-0.05, 0) is 42.8 Å². The van der Waals surface area contributed by atoms with Crippen LogP contribution in [0.5, 0.6) is 0 Å². The number of halogens is 1. The molecule has 0 fully saturated rings. The van der Waals surface area contributed by atoms with E-state index >= 15 is 0 Å². The molecule has 3 heteroatoms. The van der Waals surface area contributed by atoms with E-state index in [-0.39, 0.29) is 0 Å². The fourth-order valence-electron chi connectivity index (χ4n) is 2.42. The standard InChI is InChI=1S/C18H22ClNS/c1-3-17(21-16-12-10-15(19)11-13-16)18(20-4-2)14-8-6-5-7-9-14/h5-13,17-18,20H,3-4H2,1-2H3. The molecule has 2 aromatic rings. The van der Waals surface area contributed by atoms with E-state index in [9.17, 15) is 0 Å². The SMILES string of the molecule is CCNC(c1ccccc1)C(CC)Sc1ccc(Cl)cc1. The van der Waals surface area contributed by atoms with Gasteiger partial charge in [0, 0.05) is 21.2 Å². The average Bonchev–Trinajstić information content (AvgIpc) is 2.53. The molecule has 0 saturated heterocycles. The predicted octanol–water partition coefficient (Wildman–Crippen LogP) is 5.56. The highest BCUT2D eigenvalue weighted by Gasteiger charge is 2.21. The lowest BCUT2D eigenvalue weighted by atomic mass is 10.0. The van der Waals surface area contributed by atoms with E-state index in [1.165, 1.54) is 10.5 Å². The molecule has 1 nitrogen and oxygen atoms in total. The molecule has 2 aromatic carbocycles. The normalized spacial score (nSPS) is 13.9. The summed E-state index contributed by atoms with van der Waals surface area (Å²) >= 11 is 7.89. The number of hydrogen-bond acceptors (Lipinski definition) is 2. The zero-order valence-electron chi connectivity index (χ0n) is 12.6. The summed E-state index contributed by atoms with van der Waals surface area (Å²) < 4.78 is 0. The molecule has 0 heterocycles. The number of thioether (sulfide) groups is 1. The van der Waals surface area contributed by atoms with E-state index in [2.05, 4.69) is 61.6 Å². The van der Waals surface area contributed by atoms with Crippen LogP contribution in [0.2, 0.25) is 5.02 Å². The highest BCUT2D eigenvalue weighted by atomic mass is 35.5. The van der Waals surface area contributed by atoms with Crippen LogP contribution in [0.1, 0.15) is 31.9 Å². The third kappa shape index (κ3) is 4.77. The monoisotopic (exact) mass is 319 g/mol.